The first-order chi connectivity index (χ1) is 10.3. The molecule has 1 aromatic heterocycles. The number of ether oxygens (including phenoxy) is 1. The molecule has 0 atom stereocenters. The lowest BCUT2D eigenvalue weighted by Gasteiger charge is -2.27. The minimum absolute atomic E-state index is 0.175. The first-order valence-electron chi connectivity index (χ1n) is 7.13. The second-order valence-corrected chi connectivity index (χ2v) is 5.34. The molecule has 0 bridgehead atoms. The van der Waals surface area contributed by atoms with Crippen molar-refractivity contribution in [1.29, 1.82) is 0 Å². The Labute approximate surface area is 122 Å². The molecule has 2 N–H and O–H groups in total. The van der Waals surface area contributed by atoms with Gasteiger partial charge in [-0.05, 0) is 11.6 Å². The van der Waals surface area contributed by atoms with Crippen LogP contribution in [-0.2, 0) is 6.42 Å². The van der Waals surface area contributed by atoms with Crippen molar-refractivity contribution >= 4 is 11.7 Å². The van der Waals surface area contributed by atoms with Crippen LogP contribution in [0.4, 0.5) is 5.82 Å². The van der Waals surface area contributed by atoms with E-state index in [2.05, 4.69) is 15.7 Å². The summed E-state index contributed by atoms with van der Waals surface area (Å²) < 4.78 is 7.45. The predicted octanol–water partition coefficient (Wildman–Crippen LogP) is 1.21. The van der Waals surface area contributed by atoms with Crippen LogP contribution < -0.4 is 15.4 Å². The highest BCUT2D eigenvalue weighted by Gasteiger charge is 2.22. The van der Waals surface area contributed by atoms with E-state index in [1.165, 1.54) is 0 Å². The first kappa shape index (κ1) is 12.4. The van der Waals surface area contributed by atoms with Crippen molar-refractivity contribution in [2.24, 2.45) is 0 Å². The molecule has 1 fully saturated rings. The number of anilines is 1. The fourth-order valence-electron chi connectivity index (χ4n) is 2.65. The zero-order chi connectivity index (χ0) is 14.2. The van der Waals surface area contributed by atoms with Crippen LogP contribution in [0.2, 0.25) is 0 Å². The van der Waals surface area contributed by atoms with E-state index in [1.807, 2.05) is 29.1 Å². The molecule has 108 valence electrons. The maximum absolute atomic E-state index is 12.4. The number of hydrogen-bond acceptors (Lipinski definition) is 4. The van der Waals surface area contributed by atoms with Gasteiger partial charge in [0.15, 0.2) is 5.82 Å². The zero-order valence-electron chi connectivity index (χ0n) is 11.5. The van der Waals surface area contributed by atoms with Crippen LogP contribution in [0.3, 0.4) is 0 Å². The SMILES string of the molecule is O=C(Nc1ccn(C2CNC2)n1)c1cccc2c1OCC2. The smallest absolute Gasteiger partial charge is 0.260 e. The number of para-hydroxylation sites is 1. The van der Waals surface area contributed by atoms with E-state index in [0.29, 0.717) is 29.8 Å². The molecule has 1 aromatic carbocycles. The van der Waals surface area contributed by atoms with Gasteiger partial charge in [0, 0.05) is 31.8 Å². The topological polar surface area (TPSA) is 68.2 Å². The molecule has 1 saturated heterocycles. The van der Waals surface area contributed by atoms with Gasteiger partial charge in [0.1, 0.15) is 5.75 Å². The summed E-state index contributed by atoms with van der Waals surface area (Å²) in [6.45, 7) is 2.49. The molecule has 2 aliphatic heterocycles. The largest absolute Gasteiger partial charge is 0.492 e. The van der Waals surface area contributed by atoms with Gasteiger partial charge in [-0.25, -0.2) is 0 Å². The molecule has 0 spiro atoms. The second kappa shape index (κ2) is 4.89. The molecular formula is C15H16N4O2. The van der Waals surface area contributed by atoms with Crippen LogP contribution in [0, 0.1) is 0 Å². The number of fused-ring (bicyclic) bond motifs is 1. The Balaban J connectivity index is 1.53. The number of nitrogens with zero attached hydrogens (tertiary/aromatic N) is 2. The highest BCUT2D eigenvalue weighted by Crippen LogP contribution is 2.29. The molecule has 1 amide bonds. The summed E-state index contributed by atoms with van der Waals surface area (Å²) in [6.07, 6.45) is 2.76. The summed E-state index contributed by atoms with van der Waals surface area (Å²) in [5.41, 5.74) is 1.67. The van der Waals surface area contributed by atoms with Crippen LogP contribution in [0.25, 0.3) is 0 Å². The Morgan fingerprint density at radius 3 is 3.10 bits per heavy atom. The van der Waals surface area contributed by atoms with Gasteiger partial charge in [-0.1, -0.05) is 12.1 Å². The molecule has 4 rings (SSSR count). The fourth-order valence-corrected chi connectivity index (χ4v) is 2.65. The third-order valence-electron chi connectivity index (χ3n) is 3.94. The molecular weight excluding hydrogens is 268 g/mol. The second-order valence-electron chi connectivity index (χ2n) is 5.34. The van der Waals surface area contributed by atoms with Gasteiger partial charge in [-0.3, -0.25) is 9.48 Å². The Bertz CT molecular complexity index is 691. The summed E-state index contributed by atoms with van der Waals surface area (Å²) >= 11 is 0. The number of carbonyl (C=O) groups excluding carboxylic acids is 1. The average Bonchev–Trinajstić information content (AvgIpc) is 3.05. The third kappa shape index (κ3) is 2.17. The fraction of sp³-hybridized carbons (Fsp3) is 0.333. The maximum Gasteiger partial charge on any atom is 0.260 e. The lowest BCUT2D eigenvalue weighted by atomic mass is 10.1. The summed E-state index contributed by atoms with van der Waals surface area (Å²) in [4.78, 5) is 12.4. The molecule has 6 heteroatoms. The van der Waals surface area contributed by atoms with Crippen LogP contribution in [0.1, 0.15) is 22.0 Å². The van der Waals surface area contributed by atoms with Gasteiger partial charge < -0.3 is 15.4 Å². The number of carbonyl (C=O) groups is 1. The average molecular weight is 284 g/mol. The Morgan fingerprint density at radius 1 is 1.38 bits per heavy atom. The quantitative estimate of drug-likeness (QED) is 0.889. The van der Waals surface area contributed by atoms with E-state index in [9.17, 15) is 4.79 Å². The van der Waals surface area contributed by atoms with Gasteiger partial charge in [-0.15, -0.1) is 0 Å². The van der Waals surface area contributed by atoms with Crippen molar-refractivity contribution in [2.75, 3.05) is 25.0 Å². The third-order valence-corrected chi connectivity index (χ3v) is 3.94. The minimum Gasteiger partial charge on any atom is -0.492 e. The first-order valence-corrected chi connectivity index (χ1v) is 7.13. The van der Waals surface area contributed by atoms with Crippen LogP contribution in [-0.4, -0.2) is 35.4 Å². The highest BCUT2D eigenvalue weighted by molar-refractivity contribution is 6.06. The van der Waals surface area contributed by atoms with E-state index in [4.69, 9.17) is 4.74 Å². The van der Waals surface area contributed by atoms with E-state index >= 15 is 0 Å². The summed E-state index contributed by atoms with van der Waals surface area (Å²) in [5.74, 6) is 1.10. The molecule has 0 radical (unpaired) electrons. The minimum atomic E-state index is -0.175. The lowest BCUT2D eigenvalue weighted by molar-refractivity contribution is 0.102. The van der Waals surface area contributed by atoms with Crippen LogP contribution in [0.15, 0.2) is 30.5 Å². The van der Waals surface area contributed by atoms with E-state index in [-0.39, 0.29) is 5.91 Å². The molecule has 2 aromatic rings. The van der Waals surface area contributed by atoms with Crippen molar-refractivity contribution in [3.63, 3.8) is 0 Å². The lowest BCUT2D eigenvalue weighted by Crippen LogP contribution is -2.43. The summed E-state index contributed by atoms with van der Waals surface area (Å²) in [5, 5.41) is 10.4. The van der Waals surface area contributed by atoms with Crippen molar-refractivity contribution in [2.45, 2.75) is 12.5 Å². The van der Waals surface area contributed by atoms with Crippen molar-refractivity contribution in [3.05, 3.63) is 41.6 Å². The molecule has 3 heterocycles. The predicted molar refractivity (Wildman–Crippen MR) is 77.7 cm³/mol. The monoisotopic (exact) mass is 284 g/mol. The summed E-state index contributed by atoms with van der Waals surface area (Å²) in [7, 11) is 0. The van der Waals surface area contributed by atoms with Crippen molar-refractivity contribution in [3.8, 4) is 5.75 Å². The maximum atomic E-state index is 12.4. The summed E-state index contributed by atoms with van der Waals surface area (Å²) in [6, 6.07) is 7.88. The molecule has 21 heavy (non-hydrogen) atoms. The Kier molecular flexibility index (Phi) is 2.89. The van der Waals surface area contributed by atoms with Crippen LogP contribution in [0.5, 0.6) is 5.75 Å². The zero-order valence-corrected chi connectivity index (χ0v) is 11.5. The van der Waals surface area contributed by atoms with E-state index in [1.54, 1.807) is 6.07 Å². The highest BCUT2D eigenvalue weighted by atomic mass is 16.5. The van der Waals surface area contributed by atoms with Gasteiger partial charge in [0.25, 0.3) is 5.91 Å². The van der Waals surface area contributed by atoms with E-state index in [0.717, 1.165) is 25.1 Å². The van der Waals surface area contributed by atoms with Gasteiger partial charge in [0.2, 0.25) is 0 Å². The molecule has 6 nitrogen and oxygen atoms in total. The van der Waals surface area contributed by atoms with E-state index < -0.39 is 0 Å². The Morgan fingerprint density at radius 2 is 2.29 bits per heavy atom. The number of aromatic nitrogens is 2. The number of nitrogens with one attached hydrogen (secondary N) is 2. The normalized spacial score (nSPS) is 17.0. The standard InChI is InChI=1S/C15H16N4O2/c20-15(12-3-1-2-10-5-7-21-14(10)12)17-13-4-6-19(18-13)11-8-16-9-11/h1-4,6,11,16H,5,7-9H2,(H,17,18,20). The molecule has 0 aliphatic carbocycles. The number of benzene rings is 1. The van der Waals surface area contributed by atoms with Gasteiger partial charge in [0.05, 0.1) is 18.2 Å². The van der Waals surface area contributed by atoms with Crippen molar-refractivity contribution < 1.29 is 9.53 Å². The van der Waals surface area contributed by atoms with Crippen molar-refractivity contribution in [1.82, 2.24) is 15.1 Å². The van der Waals surface area contributed by atoms with Gasteiger partial charge in [-0.2, -0.15) is 5.10 Å². The number of amides is 1. The Hall–Kier alpha value is -2.34. The molecule has 2 aliphatic rings. The van der Waals surface area contributed by atoms with Crippen LogP contribution >= 0.6 is 0 Å². The molecule has 0 saturated carbocycles. The molecule has 0 unspecified atom stereocenters. The number of hydrogen-bond donors (Lipinski definition) is 2. The van der Waals surface area contributed by atoms with Gasteiger partial charge >= 0.3 is 0 Å². The number of rotatable bonds is 3.